The van der Waals surface area contributed by atoms with Crippen LogP contribution in [0, 0.1) is 13.8 Å². The Morgan fingerprint density at radius 2 is 2.11 bits per heavy atom. The third kappa shape index (κ3) is 3.16. The molecule has 0 aromatic heterocycles. The highest BCUT2D eigenvalue weighted by Crippen LogP contribution is 2.26. The second-order valence-electron chi connectivity index (χ2n) is 5.44. The fourth-order valence-electron chi connectivity index (χ4n) is 2.74. The minimum atomic E-state index is 0.0601. The van der Waals surface area contributed by atoms with Crippen LogP contribution in [0.5, 0.6) is 0 Å². The van der Waals surface area contributed by atoms with Crippen LogP contribution in [0.25, 0.3) is 0 Å². The summed E-state index contributed by atoms with van der Waals surface area (Å²) in [6.45, 7) is 7.73. The van der Waals surface area contributed by atoms with Crippen LogP contribution < -0.4 is 5.32 Å². The Hall–Kier alpha value is -1.35. The summed E-state index contributed by atoms with van der Waals surface area (Å²) in [4.78, 5) is 14.0. The van der Waals surface area contributed by atoms with Crippen molar-refractivity contribution >= 4 is 5.91 Å². The molecule has 1 atom stereocenters. The standard InChI is InChI=1S/C16H24N2O/c1-4-5-6-9-18-15(19)11-17-16(18)14-8-7-12(2)10-13(14)3/h7-8,10,16-17H,4-6,9,11H2,1-3H3. The molecule has 0 bridgehead atoms. The molecule has 0 spiro atoms. The van der Waals surface area contributed by atoms with Gasteiger partial charge in [0, 0.05) is 6.54 Å². The molecular weight excluding hydrogens is 236 g/mol. The highest BCUT2D eigenvalue weighted by molar-refractivity contribution is 5.81. The van der Waals surface area contributed by atoms with Crippen molar-refractivity contribution < 1.29 is 4.79 Å². The maximum absolute atomic E-state index is 12.0. The van der Waals surface area contributed by atoms with Gasteiger partial charge in [-0.15, -0.1) is 0 Å². The van der Waals surface area contributed by atoms with Gasteiger partial charge in [-0.25, -0.2) is 0 Å². The fraction of sp³-hybridized carbons (Fsp3) is 0.562. The summed E-state index contributed by atoms with van der Waals surface area (Å²) in [6.07, 6.45) is 3.52. The SMILES string of the molecule is CCCCCN1C(=O)CNC1c1ccc(C)cc1C. The van der Waals surface area contributed by atoms with Gasteiger partial charge in [-0.3, -0.25) is 10.1 Å². The van der Waals surface area contributed by atoms with Gasteiger partial charge in [0.05, 0.1) is 6.54 Å². The third-order valence-corrected chi connectivity index (χ3v) is 3.80. The van der Waals surface area contributed by atoms with Crippen LogP contribution >= 0.6 is 0 Å². The number of unbranched alkanes of at least 4 members (excludes halogenated alkanes) is 2. The largest absolute Gasteiger partial charge is 0.322 e. The second kappa shape index (κ2) is 6.20. The van der Waals surface area contributed by atoms with Gasteiger partial charge in [-0.05, 0) is 31.4 Å². The number of amides is 1. The van der Waals surface area contributed by atoms with E-state index >= 15 is 0 Å². The molecule has 1 amide bonds. The van der Waals surface area contributed by atoms with E-state index in [1.807, 2.05) is 4.90 Å². The summed E-state index contributed by atoms with van der Waals surface area (Å²) in [7, 11) is 0. The molecule has 1 aromatic rings. The molecule has 104 valence electrons. The smallest absolute Gasteiger partial charge is 0.238 e. The molecule has 1 heterocycles. The molecule has 1 unspecified atom stereocenters. The molecule has 1 aliphatic rings. The Morgan fingerprint density at radius 3 is 2.79 bits per heavy atom. The second-order valence-corrected chi connectivity index (χ2v) is 5.44. The van der Waals surface area contributed by atoms with Gasteiger partial charge in [0.15, 0.2) is 0 Å². The zero-order chi connectivity index (χ0) is 13.8. The highest BCUT2D eigenvalue weighted by Gasteiger charge is 2.31. The van der Waals surface area contributed by atoms with E-state index in [4.69, 9.17) is 0 Å². The first-order valence-electron chi connectivity index (χ1n) is 7.23. The molecule has 0 aliphatic carbocycles. The van der Waals surface area contributed by atoms with Gasteiger partial charge in [0.25, 0.3) is 0 Å². The van der Waals surface area contributed by atoms with E-state index in [1.54, 1.807) is 0 Å². The summed E-state index contributed by atoms with van der Waals surface area (Å²) in [6, 6.07) is 6.45. The van der Waals surface area contributed by atoms with E-state index in [9.17, 15) is 4.79 Å². The van der Waals surface area contributed by atoms with Gasteiger partial charge in [-0.2, -0.15) is 0 Å². The highest BCUT2D eigenvalue weighted by atomic mass is 16.2. The van der Waals surface area contributed by atoms with Crippen LogP contribution in [0.1, 0.15) is 49.0 Å². The first-order chi connectivity index (χ1) is 9.13. The number of nitrogens with one attached hydrogen (secondary N) is 1. The molecule has 3 nitrogen and oxygen atoms in total. The van der Waals surface area contributed by atoms with Gasteiger partial charge in [0.1, 0.15) is 6.17 Å². The summed E-state index contributed by atoms with van der Waals surface area (Å²) in [5.41, 5.74) is 3.75. The van der Waals surface area contributed by atoms with Crippen molar-refractivity contribution in [3.8, 4) is 0 Å². The molecule has 1 saturated heterocycles. The zero-order valence-corrected chi connectivity index (χ0v) is 12.2. The molecule has 19 heavy (non-hydrogen) atoms. The molecule has 1 fully saturated rings. The van der Waals surface area contributed by atoms with Crippen LogP contribution in [0.3, 0.4) is 0 Å². The van der Waals surface area contributed by atoms with Gasteiger partial charge in [0.2, 0.25) is 5.91 Å². The maximum atomic E-state index is 12.0. The van der Waals surface area contributed by atoms with E-state index in [2.05, 4.69) is 44.3 Å². The van der Waals surface area contributed by atoms with Crippen LogP contribution in [0.2, 0.25) is 0 Å². The first kappa shape index (κ1) is 14.1. The number of hydrogen-bond acceptors (Lipinski definition) is 2. The van der Waals surface area contributed by atoms with E-state index in [0.29, 0.717) is 6.54 Å². The number of nitrogens with zero attached hydrogens (tertiary/aromatic N) is 1. The number of carbonyl (C=O) groups is 1. The summed E-state index contributed by atoms with van der Waals surface area (Å²) in [5, 5.41) is 3.34. The lowest BCUT2D eigenvalue weighted by atomic mass is 10.0. The van der Waals surface area contributed by atoms with Crippen molar-refractivity contribution in [2.75, 3.05) is 13.1 Å². The van der Waals surface area contributed by atoms with Crippen molar-refractivity contribution in [3.63, 3.8) is 0 Å². The summed E-state index contributed by atoms with van der Waals surface area (Å²) < 4.78 is 0. The van der Waals surface area contributed by atoms with Crippen LogP contribution in [-0.4, -0.2) is 23.9 Å². The third-order valence-electron chi connectivity index (χ3n) is 3.80. The predicted molar refractivity (Wildman–Crippen MR) is 77.9 cm³/mol. The average Bonchev–Trinajstić information content (AvgIpc) is 2.72. The van der Waals surface area contributed by atoms with Gasteiger partial charge < -0.3 is 4.90 Å². The van der Waals surface area contributed by atoms with Gasteiger partial charge >= 0.3 is 0 Å². The molecular formula is C16H24N2O. The van der Waals surface area contributed by atoms with Crippen molar-refractivity contribution in [3.05, 3.63) is 34.9 Å². The molecule has 1 aliphatic heterocycles. The Labute approximate surface area is 116 Å². The number of carbonyl (C=O) groups excluding carboxylic acids is 1. The lowest BCUT2D eigenvalue weighted by molar-refractivity contribution is -0.128. The minimum Gasteiger partial charge on any atom is -0.322 e. The molecule has 1 aromatic carbocycles. The number of rotatable bonds is 5. The molecule has 3 heteroatoms. The first-order valence-corrected chi connectivity index (χ1v) is 7.23. The predicted octanol–water partition coefficient (Wildman–Crippen LogP) is 2.92. The number of hydrogen-bond donors (Lipinski definition) is 1. The lowest BCUT2D eigenvalue weighted by Gasteiger charge is -2.26. The normalized spacial score (nSPS) is 19.2. The fourth-order valence-corrected chi connectivity index (χ4v) is 2.74. The Bertz CT molecular complexity index is 456. The number of aryl methyl sites for hydroxylation is 2. The molecule has 0 saturated carbocycles. The zero-order valence-electron chi connectivity index (χ0n) is 12.2. The molecule has 1 N–H and O–H groups in total. The molecule has 2 rings (SSSR count). The van der Waals surface area contributed by atoms with Crippen molar-refractivity contribution in [1.29, 1.82) is 0 Å². The Morgan fingerprint density at radius 1 is 1.32 bits per heavy atom. The van der Waals surface area contributed by atoms with E-state index in [-0.39, 0.29) is 12.1 Å². The van der Waals surface area contributed by atoms with E-state index in [0.717, 1.165) is 13.0 Å². The lowest BCUT2D eigenvalue weighted by Crippen LogP contribution is -2.31. The average molecular weight is 260 g/mol. The quantitative estimate of drug-likeness (QED) is 0.826. The van der Waals surface area contributed by atoms with E-state index in [1.165, 1.54) is 29.5 Å². The van der Waals surface area contributed by atoms with Crippen molar-refractivity contribution in [2.24, 2.45) is 0 Å². The minimum absolute atomic E-state index is 0.0601. The topological polar surface area (TPSA) is 32.3 Å². The van der Waals surface area contributed by atoms with Crippen molar-refractivity contribution in [1.82, 2.24) is 10.2 Å². The Balaban J connectivity index is 2.15. The monoisotopic (exact) mass is 260 g/mol. The Kier molecular flexibility index (Phi) is 4.59. The summed E-state index contributed by atoms with van der Waals surface area (Å²) >= 11 is 0. The summed E-state index contributed by atoms with van der Waals surface area (Å²) in [5.74, 6) is 0.223. The van der Waals surface area contributed by atoms with Crippen LogP contribution in [-0.2, 0) is 4.79 Å². The maximum Gasteiger partial charge on any atom is 0.238 e. The van der Waals surface area contributed by atoms with Gasteiger partial charge in [-0.1, -0.05) is 43.5 Å². The van der Waals surface area contributed by atoms with Crippen LogP contribution in [0.15, 0.2) is 18.2 Å². The molecule has 0 radical (unpaired) electrons. The van der Waals surface area contributed by atoms with E-state index < -0.39 is 0 Å². The number of benzene rings is 1. The van der Waals surface area contributed by atoms with Crippen LogP contribution in [0.4, 0.5) is 0 Å². The van der Waals surface area contributed by atoms with Crippen molar-refractivity contribution in [2.45, 2.75) is 46.2 Å².